The maximum absolute atomic E-state index is 13.0. The molecule has 5 heteroatoms. The number of benzene rings is 1. The summed E-state index contributed by atoms with van der Waals surface area (Å²) < 4.78 is 18.6. The van der Waals surface area contributed by atoms with E-state index in [0.717, 1.165) is 26.0 Å². The number of carbonyl (C=O) groups is 1. The van der Waals surface area contributed by atoms with Crippen molar-refractivity contribution in [3.05, 3.63) is 30.1 Å². The van der Waals surface area contributed by atoms with E-state index in [1.807, 2.05) is 0 Å². The van der Waals surface area contributed by atoms with E-state index in [-0.39, 0.29) is 18.3 Å². The molecule has 0 spiro atoms. The number of ether oxygens (including phenoxy) is 1. The fourth-order valence-electron chi connectivity index (χ4n) is 2.52. The number of rotatable bonds is 6. The van der Waals surface area contributed by atoms with Crippen LogP contribution in [0.15, 0.2) is 24.3 Å². The maximum Gasteiger partial charge on any atom is 0.238 e. The highest BCUT2D eigenvalue weighted by Crippen LogP contribution is 2.22. The van der Waals surface area contributed by atoms with Crippen LogP contribution in [0.2, 0.25) is 0 Å². The molecule has 1 fully saturated rings. The van der Waals surface area contributed by atoms with E-state index in [4.69, 9.17) is 4.74 Å². The van der Waals surface area contributed by atoms with E-state index < -0.39 is 0 Å². The van der Waals surface area contributed by atoms with Gasteiger partial charge in [0.25, 0.3) is 0 Å². The largest absolute Gasteiger partial charge is 0.378 e. The summed E-state index contributed by atoms with van der Waals surface area (Å²) in [7, 11) is 0. The summed E-state index contributed by atoms with van der Waals surface area (Å²) >= 11 is 0. The van der Waals surface area contributed by atoms with Crippen molar-refractivity contribution in [2.75, 3.05) is 25.0 Å². The number of anilines is 1. The van der Waals surface area contributed by atoms with Gasteiger partial charge in [-0.15, -0.1) is 0 Å². The Morgan fingerprint density at radius 3 is 3.10 bits per heavy atom. The van der Waals surface area contributed by atoms with Crippen LogP contribution in [-0.4, -0.2) is 31.7 Å². The molecule has 1 amide bonds. The van der Waals surface area contributed by atoms with Crippen molar-refractivity contribution < 1.29 is 13.9 Å². The van der Waals surface area contributed by atoms with E-state index in [1.165, 1.54) is 12.1 Å². The Hall–Kier alpha value is -1.46. The molecule has 1 aliphatic heterocycles. The molecular formula is C15H21FN2O2. The zero-order chi connectivity index (χ0) is 14.4. The molecule has 0 saturated carbocycles. The average molecular weight is 280 g/mol. The summed E-state index contributed by atoms with van der Waals surface area (Å²) in [6, 6.07) is 5.88. The van der Waals surface area contributed by atoms with Crippen LogP contribution in [-0.2, 0) is 9.53 Å². The molecule has 2 rings (SSSR count). The molecule has 0 aromatic heterocycles. The molecule has 2 atom stereocenters. The Kier molecular flexibility index (Phi) is 5.49. The summed E-state index contributed by atoms with van der Waals surface area (Å²) in [5, 5.41) is 5.80. The van der Waals surface area contributed by atoms with Gasteiger partial charge >= 0.3 is 0 Å². The predicted octanol–water partition coefficient (Wildman–Crippen LogP) is 2.17. The van der Waals surface area contributed by atoms with Crippen LogP contribution in [0.1, 0.15) is 19.8 Å². The van der Waals surface area contributed by atoms with Gasteiger partial charge in [-0.3, -0.25) is 4.79 Å². The third kappa shape index (κ3) is 4.28. The number of halogens is 1. The third-order valence-corrected chi connectivity index (χ3v) is 3.55. The van der Waals surface area contributed by atoms with Crippen molar-refractivity contribution in [1.82, 2.24) is 5.32 Å². The van der Waals surface area contributed by atoms with Crippen LogP contribution in [0, 0.1) is 11.7 Å². The second-order valence-electron chi connectivity index (χ2n) is 5.06. The maximum atomic E-state index is 13.0. The number of amides is 1. The van der Waals surface area contributed by atoms with Gasteiger partial charge in [-0.25, -0.2) is 4.39 Å². The SMILES string of the molecule is CCC1OCCC1CNCC(=O)Nc1cccc(F)c1. The fraction of sp³-hybridized carbons (Fsp3) is 0.533. The van der Waals surface area contributed by atoms with Crippen LogP contribution >= 0.6 is 0 Å². The molecule has 1 aromatic carbocycles. The van der Waals surface area contributed by atoms with Crippen molar-refractivity contribution in [1.29, 1.82) is 0 Å². The predicted molar refractivity (Wildman–Crippen MR) is 76.0 cm³/mol. The van der Waals surface area contributed by atoms with Crippen LogP contribution in [0.4, 0.5) is 10.1 Å². The Bertz CT molecular complexity index is 453. The van der Waals surface area contributed by atoms with Crippen LogP contribution in [0.25, 0.3) is 0 Å². The van der Waals surface area contributed by atoms with E-state index in [0.29, 0.717) is 17.7 Å². The Morgan fingerprint density at radius 1 is 1.50 bits per heavy atom. The highest BCUT2D eigenvalue weighted by atomic mass is 19.1. The minimum Gasteiger partial charge on any atom is -0.378 e. The highest BCUT2D eigenvalue weighted by molar-refractivity contribution is 5.92. The lowest BCUT2D eigenvalue weighted by Gasteiger charge is -2.17. The smallest absolute Gasteiger partial charge is 0.238 e. The van der Waals surface area contributed by atoms with Gasteiger partial charge in [0.2, 0.25) is 5.91 Å². The van der Waals surface area contributed by atoms with Crippen molar-refractivity contribution in [3.63, 3.8) is 0 Å². The molecule has 2 unspecified atom stereocenters. The number of hydrogen-bond acceptors (Lipinski definition) is 3. The van der Waals surface area contributed by atoms with Gasteiger partial charge in [0.05, 0.1) is 12.6 Å². The van der Waals surface area contributed by atoms with E-state index in [1.54, 1.807) is 12.1 Å². The molecule has 0 radical (unpaired) electrons. The van der Waals surface area contributed by atoms with Crippen LogP contribution < -0.4 is 10.6 Å². The van der Waals surface area contributed by atoms with Gasteiger partial charge in [0.1, 0.15) is 5.82 Å². The molecule has 0 bridgehead atoms. The first-order valence-electron chi connectivity index (χ1n) is 7.06. The standard InChI is InChI=1S/C15H21FN2O2/c1-2-14-11(6-7-20-14)9-17-10-15(19)18-13-5-3-4-12(16)8-13/h3-5,8,11,14,17H,2,6-7,9-10H2,1H3,(H,18,19). The monoisotopic (exact) mass is 280 g/mol. The van der Waals surface area contributed by atoms with Crippen molar-refractivity contribution in [2.45, 2.75) is 25.9 Å². The molecule has 20 heavy (non-hydrogen) atoms. The second kappa shape index (κ2) is 7.36. The molecule has 0 aliphatic carbocycles. The Balaban J connectivity index is 1.70. The van der Waals surface area contributed by atoms with Gasteiger partial charge in [-0.2, -0.15) is 0 Å². The summed E-state index contributed by atoms with van der Waals surface area (Å²) in [5.41, 5.74) is 0.479. The molecule has 1 aromatic rings. The fourth-order valence-corrected chi connectivity index (χ4v) is 2.52. The van der Waals surface area contributed by atoms with Gasteiger partial charge in [0.15, 0.2) is 0 Å². The van der Waals surface area contributed by atoms with Gasteiger partial charge < -0.3 is 15.4 Å². The number of nitrogens with one attached hydrogen (secondary N) is 2. The number of carbonyl (C=O) groups excluding carboxylic acids is 1. The van der Waals surface area contributed by atoms with E-state index in [9.17, 15) is 9.18 Å². The summed E-state index contributed by atoms with van der Waals surface area (Å²) in [5.74, 6) is -0.0471. The third-order valence-electron chi connectivity index (χ3n) is 3.55. The normalized spacial score (nSPS) is 21.9. The van der Waals surface area contributed by atoms with E-state index >= 15 is 0 Å². The quantitative estimate of drug-likeness (QED) is 0.839. The molecule has 1 saturated heterocycles. The average Bonchev–Trinajstić information content (AvgIpc) is 2.86. The topological polar surface area (TPSA) is 50.4 Å². The van der Waals surface area contributed by atoms with Crippen LogP contribution in [0.5, 0.6) is 0 Å². The van der Waals surface area contributed by atoms with Crippen molar-refractivity contribution in [2.24, 2.45) is 5.92 Å². The summed E-state index contributed by atoms with van der Waals surface area (Å²) in [4.78, 5) is 11.7. The molecule has 1 aliphatic rings. The Morgan fingerprint density at radius 2 is 2.35 bits per heavy atom. The number of hydrogen-bond donors (Lipinski definition) is 2. The van der Waals surface area contributed by atoms with Gasteiger partial charge in [-0.1, -0.05) is 13.0 Å². The lowest BCUT2D eigenvalue weighted by molar-refractivity contribution is -0.115. The van der Waals surface area contributed by atoms with Gasteiger partial charge in [-0.05, 0) is 37.0 Å². The highest BCUT2D eigenvalue weighted by Gasteiger charge is 2.26. The molecule has 110 valence electrons. The first-order valence-corrected chi connectivity index (χ1v) is 7.06. The van der Waals surface area contributed by atoms with Crippen LogP contribution in [0.3, 0.4) is 0 Å². The first kappa shape index (κ1) is 14.9. The summed E-state index contributed by atoms with van der Waals surface area (Å²) in [6.45, 7) is 3.92. The zero-order valence-electron chi connectivity index (χ0n) is 11.7. The lowest BCUT2D eigenvalue weighted by Crippen LogP contribution is -2.34. The molecule has 1 heterocycles. The minimum atomic E-state index is -0.357. The van der Waals surface area contributed by atoms with Crippen molar-refractivity contribution >= 4 is 11.6 Å². The van der Waals surface area contributed by atoms with Gasteiger partial charge in [0, 0.05) is 18.8 Å². The Labute approximate surface area is 118 Å². The second-order valence-corrected chi connectivity index (χ2v) is 5.06. The van der Waals surface area contributed by atoms with E-state index in [2.05, 4.69) is 17.6 Å². The molecule has 4 nitrogen and oxygen atoms in total. The summed E-state index contributed by atoms with van der Waals surface area (Å²) in [6.07, 6.45) is 2.34. The zero-order valence-corrected chi connectivity index (χ0v) is 11.7. The van der Waals surface area contributed by atoms with Crippen molar-refractivity contribution in [3.8, 4) is 0 Å². The minimum absolute atomic E-state index is 0.164. The molecule has 2 N–H and O–H groups in total. The first-order chi connectivity index (χ1) is 9.69. The molecular weight excluding hydrogens is 259 g/mol. The lowest BCUT2D eigenvalue weighted by atomic mass is 10.00.